The highest BCUT2D eigenvalue weighted by Gasteiger charge is 2.24. The summed E-state index contributed by atoms with van der Waals surface area (Å²) in [6, 6.07) is 20.2. The number of carbonyl (C=O) groups excluding carboxylic acids is 1. The summed E-state index contributed by atoms with van der Waals surface area (Å²) in [6.45, 7) is -0.367. The molecule has 1 N–H and O–H groups in total. The second-order valence-electron chi connectivity index (χ2n) is 6.55. The third-order valence-electron chi connectivity index (χ3n) is 4.31. The van der Waals surface area contributed by atoms with Gasteiger partial charge in [-0.1, -0.05) is 29.8 Å². The van der Waals surface area contributed by atoms with Gasteiger partial charge in [0.2, 0.25) is 15.9 Å². The second-order valence-corrected chi connectivity index (χ2v) is 9.00. The third kappa shape index (κ3) is 5.75. The van der Waals surface area contributed by atoms with E-state index in [4.69, 9.17) is 21.1 Å². The molecule has 0 saturated carbocycles. The van der Waals surface area contributed by atoms with Crippen molar-refractivity contribution in [2.24, 2.45) is 0 Å². The molecule has 0 aliphatic carbocycles. The van der Waals surface area contributed by atoms with E-state index in [-0.39, 0.29) is 16.5 Å². The summed E-state index contributed by atoms with van der Waals surface area (Å²) >= 11 is 6.02. The Kier molecular flexibility index (Phi) is 7.17. The smallest absolute Gasteiger partial charge is 0.243 e. The first-order chi connectivity index (χ1) is 14.8. The number of ether oxygens (including phenoxy) is 2. The van der Waals surface area contributed by atoms with Crippen LogP contribution in [0.2, 0.25) is 5.02 Å². The topological polar surface area (TPSA) is 84.9 Å². The number of likely N-dealkylation sites (N-methyl/N-ethyl adjacent to an activating group) is 1. The van der Waals surface area contributed by atoms with Gasteiger partial charge in [0.15, 0.2) is 0 Å². The Morgan fingerprint density at radius 3 is 2.26 bits per heavy atom. The lowest BCUT2D eigenvalue weighted by molar-refractivity contribution is -0.116. The zero-order valence-corrected chi connectivity index (χ0v) is 18.5. The number of amides is 1. The van der Waals surface area contributed by atoms with Crippen molar-refractivity contribution in [3.05, 3.63) is 77.8 Å². The number of methoxy groups -OCH3 is 1. The fourth-order valence-corrected chi connectivity index (χ4v) is 4.18. The van der Waals surface area contributed by atoms with Gasteiger partial charge in [-0.15, -0.1) is 0 Å². The lowest BCUT2D eigenvalue weighted by Crippen LogP contribution is -2.34. The molecule has 0 aliphatic heterocycles. The fourth-order valence-electron chi connectivity index (χ4n) is 2.71. The van der Waals surface area contributed by atoms with Gasteiger partial charge in [0, 0.05) is 12.7 Å². The standard InChI is InChI=1S/C22H21ClN2O5S/c1-25(31(27,28)19-12-13-21(29-2)20(23)14-19)15-22(26)24-16-8-10-18(11-9-16)30-17-6-4-3-5-7-17/h3-14H,15H2,1-2H3,(H,24,26). The van der Waals surface area contributed by atoms with E-state index in [9.17, 15) is 13.2 Å². The number of nitrogens with zero attached hydrogens (tertiary/aromatic N) is 1. The molecule has 3 aromatic carbocycles. The van der Waals surface area contributed by atoms with Crippen LogP contribution in [0, 0.1) is 0 Å². The van der Waals surface area contributed by atoms with Crippen LogP contribution < -0.4 is 14.8 Å². The van der Waals surface area contributed by atoms with Crippen LogP contribution in [-0.2, 0) is 14.8 Å². The molecule has 0 bridgehead atoms. The Labute approximate surface area is 186 Å². The van der Waals surface area contributed by atoms with Gasteiger partial charge in [-0.25, -0.2) is 8.42 Å². The van der Waals surface area contributed by atoms with Crippen LogP contribution in [0.5, 0.6) is 17.2 Å². The van der Waals surface area contributed by atoms with Crippen molar-refractivity contribution in [2.75, 3.05) is 26.0 Å². The molecular weight excluding hydrogens is 440 g/mol. The summed E-state index contributed by atoms with van der Waals surface area (Å²) in [5, 5.41) is 2.84. The third-order valence-corrected chi connectivity index (χ3v) is 6.41. The number of halogens is 1. The van der Waals surface area contributed by atoms with Crippen molar-refractivity contribution < 1.29 is 22.7 Å². The minimum absolute atomic E-state index is 0.0315. The van der Waals surface area contributed by atoms with Gasteiger partial charge >= 0.3 is 0 Å². The molecule has 0 heterocycles. The van der Waals surface area contributed by atoms with E-state index >= 15 is 0 Å². The largest absolute Gasteiger partial charge is 0.495 e. The first kappa shape index (κ1) is 22.6. The van der Waals surface area contributed by atoms with Crippen molar-refractivity contribution in [3.8, 4) is 17.2 Å². The number of benzene rings is 3. The maximum atomic E-state index is 12.7. The summed E-state index contributed by atoms with van der Waals surface area (Å²) in [5.41, 5.74) is 0.517. The van der Waals surface area contributed by atoms with Crippen molar-refractivity contribution in [1.29, 1.82) is 0 Å². The van der Waals surface area contributed by atoms with E-state index < -0.39 is 15.9 Å². The van der Waals surface area contributed by atoms with Crippen LogP contribution >= 0.6 is 11.6 Å². The maximum absolute atomic E-state index is 12.7. The SMILES string of the molecule is COc1ccc(S(=O)(=O)N(C)CC(=O)Nc2ccc(Oc3ccccc3)cc2)cc1Cl. The highest BCUT2D eigenvalue weighted by molar-refractivity contribution is 7.89. The predicted molar refractivity (Wildman–Crippen MR) is 119 cm³/mol. The van der Waals surface area contributed by atoms with E-state index in [2.05, 4.69) is 5.32 Å². The summed E-state index contributed by atoms with van der Waals surface area (Å²) in [4.78, 5) is 12.3. The molecule has 162 valence electrons. The van der Waals surface area contributed by atoms with Crippen LogP contribution in [0.15, 0.2) is 77.7 Å². The minimum atomic E-state index is -3.90. The number of rotatable bonds is 8. The van der Waals surface area contributed by atoms with Crippen LogP contribution in [0.1, 0.15) is 0 Å². The van der Waals surface area contributed by atoms with Gasteiger partial charge < -0.3 is 14.8 Å². The van der Waals surface area contributed by atoms with Gasteiger partial charge in [0.25, 0.3) is 0 Å². The molecule has 3 aromatic rings. The zero-order chi connectivity index (χ0) is 22.4. The lowest BCUT2D eigenvalue weighted by Gasteiger charge is -2.17. The first-order valence-electron chi connectivity index (χ1n) is 9.22. The molecule has 9 heteroatoms. The zero-order valence-electron chi connectivity index (χ0n) is 16.9. The quantitative estimate of drug-likeness (QED) is 0.538. The summed E-state index contributed by atoms with van der Waals surface area (Å²) in [6.07, 6.45) is 0. The Bertz CT molecular complexity index is 1150. The predicted octanol–water partition coefficient (Wildman–Crippen LogP) is 4.40. The van der Waals surface area contributed by atoms with Crippen molar-refractivity contribution in [2.45, 2.75) is 4.90 Å². The number of para-hydroxylation sites is 1. The van der Waals surface area contributed by atoms with Crippen LogP contribution in [0.25, 0.3) is 0 Å². The molecule has 0 aliphatic rings. The highest BCUT2D eigenvalue weighted by Crippen LogP contribution is 2.28. The maximum Gasteiger partial charge on any atom is 0.243 e. The molecule has 0 saturated heterocycles. The number of hydrogen-bond acceptors (Lipinski definition) is 5. The first-order valence-corrected chi connectivity index (χ1v) is 11.0. The van der Waals surface area contributed by atoms with E-state index in [1.807, 2.05) is 30.3 Å². The van der Waals surface area contributed by atoms with Gasteiger partial charge in [-0.05, 0) is 54.6 Å². The molecular formula is C22H21ClN2O5S. The van der Waals surface area contributed by atoms with Crippen molar-refractivity contribution in [3.63, 3.8) is 0 Å². The summed E-state index contributed by atoms with van der Waals surface area (Å²) < 4.78 is 37.1. The van der Waals surface area contributed by atoms with Crippen LogP contribution in [0.3, 0.4) is 0 Å². The molecule has 0 unspecified atom stereocenters. The molecule has 0 radical (unpaired) electrons. The molecule has 31 heavy (non-hydrogen) atoms. The molecule has 7 nitrogen and oxygen atoms in total. The van der Waals surface area contributed by atoms with Gasteiger partial charge in [0.05, 0.1) is 23.6 Å². The van der Waals surface area contributed by atoms with E-state index in [1.54, 1.807) is 24.3 Å². The van der Waals surface area contributed by atoms with Crippen molar-refractivity contribution >= 4 is 33.2 Å². The molecule has 0 atom stereocenters. The van der Waals surface area contributed by atoms with E-state index in [0.29, 0.717) is 22.9 Å². The van der Waals surface area contributed by atoms with Crippen LogP contribution in [0.4, 0.5) is 5.69 Å². The van der Waals surface area contributed by atoms with E-state index in [0.717, 1.165) is 4.31 Å². The number of anilines is 1. The molecule has 1 amide bonds. The lowest BCUT2D eigenvalue weighted by atomic mass is 10.3. The minimum Gasteiger partial charge on any atom is -0.495 e. The molecule has 3 rings (SSSR count). The molecule has 0 fully saturated rings. The average Bonchev–Trinajstić information content (AvgIpc) is 2.75. The summed E-state index contributed by atoms with van der Waals surface area (Å²) in [5.74, 6) is 1.19. The number of sulfonamides is 1. The fraction of sp³-hybridized carbons (Fsp3) is 0.136. The highest BCUT2D eigenvalue weighted by atomic mass is 35.5. The van der Waals surface area contributed by atoms with Gasteiger partial charge in [-0.3, -0.25) is 4.79 Å². The van der Waals surface area contributed by atoms with Gasteiger partial charge in [0.1, 0.15) is 17.2 Å². The Morgan fingerprint density at radius 1 is 1.00 bits per heavy atom. The number of hydrogen-bond donors (Lipinski definition) is 1. The molecule has 0 spiro atoms. The summed E-state index contributed by atoms with van der Waals surface area (Å²) in [7, 11) is -1.14. The van der Waals surface area contributed by atoms with Gasteiger partial charge in [-0.2, -0.15) is 4.31 Å². The Hall–Kier alpha value is -3.07. The van der Waals surface area contributed by atoms with E-state index in [1.165, 1.54) is 32.4 Å². The Morgan fingerprint density at radius 2 is 1.65 bits per heavy atom. The second kappa shape index (κ2) is 9.82. The number of carbonyl (C=O) groups is 1. The normalized spacial score (nSPS) is 11.2. The number of nitrogens with one attached hydrogen (secondary N) is 1. The van der Waals surface area contributed by atoms with Crippen LogP contribution in [-0.4, -0.2) is 39.3 Å². The average molecular weight is 461 g/mol. The van der Waals surface area contributed by atoms with Crippen molar-refractivity contribution in [1.82, 2.24) is 4.31 Å². The Balaban J connectivity index is 1.61. The molecule has 0 aromatic heterocycles. The monoisotopic (exact) mass is 460 g/mol.